The predicted molar refractivity (Wildman–Crippen MR) is 132 cm³/mol. The fraction of sp³-hybridized carbons (Fsp3) is 0.423. The number of carbonyl (C=O) groups excluding carboxylic acids is 1. The molecule has 2 aliphatic rings. The Bertz CT molecular complexity index is 907. The van der Waals surface area contributed by atoms with Crippen LogP contribution in [0.5, 0.6) is 0 Å². The second kappa shape index (κ2) is 9.82. The molecule has 2 aromatic rings. The second-order valence-electron chi connectivity index (χ2n) is 8.92. The SMILES string of the molecule is C=C1NC2CSC(CCCCC(=O)Nc3ccc(-c4ccc(C(C)C)cc4)cc3)C2N1. The average molecular weight is 436 g/mol. The van der Waals surface area contributed by atoms with Crippen molar-refractivity contribution in [2.75, 3.05) is 11.1 Å². The van der Waals surface area contributed by atoms with Crippen molar-refractivity contribution in [1.29, 1.82) is 0 Å². The lowest BCUT2D eigenvalue weighted by Gasteiger charge is -2.17. The largest absolute Gasteiger partial charge is 0.367 e. The maximum Gasteiger partial charge on any atom is 0.224 e. The number of carbonyl (C=O) groups is 1. The maximum absolute atomic E-state index is 12.3. The molecule has 3 unspecified atom stereocenters. The first kappa shape index (κ1) is 21.8. The van der Waals surface area contributed by atoms with Gasteiger partial charge < -0.3 is 16.0 Å². The zero-order valence-corrected chi connectivity index (χ0v) is 19.3. The van der Waals surface area contributed by atoms with Crippen LogP contribution in [0, 0.1) is 0 Å². The normalized spacial score (nSPS) is 22.2. The first-order chi connectivity index (χ1) is 15.0. The van der Waals surface area contributed by atoms with E-state index in [4.69, 9.17) is 0 Å². The molecule has 2 aliphatic heterocycles. The molecule has 3 atom stereocenters. The summed E-state index contributed by atoms with van der Waals surface area (Å²) in [7, 11) is 0. The van der Waals surface area contributed by atoms with Crippen LogP contribution in [-0.4, -0.2) is 29.0 Å². The minimum Gasteiger partial charge on any atom is -0.367 e. The Morgan fingerprint density at radius 3 is 2.42 bits per heavy atom. The molecule has 4 nitrogen and oxygen atoms in total. The van der Waals surface area contributed by atoms with Crippen molar-refractivity contribution >= 4 is 23.4 Å². The number of hydrogen-bond acceptors (Lipinski definition) is 4. The molecular formula is C26H33N3OS. The number of fused-ring (bicyclic) bond motifs is 1. The van der Waals surface area contributed by atoms with Gasteiger partial charge in [-0.1, -0.05) is 63.2 Å². The van der Waals surface area contributed by atoms with E-state index in [0.717, 1.165) is 36.5 Å². The smallest absolute Gasteiger partial charge is 0.224 e. The van der Waals surface area contributed by atoms with Crippen LogP contribution >= 0.6 is 11.8 Å². The molecule has 0 radical (unpaired) electrons. The lowest BCUT2D eigenvalue weighted by atomic mass is 9.99. The van der Waals surface area contributed by atoms with Crippen LogP contribution in [0.15, 0.2) is 60.9 Å². The highest BCUT2D eigenvalue weighted by atomic mass is 32.2. The Labute approximate surface area is 190 Å². The highest BCUT2D eigenvalue weighted by molar-refractivity contribution is 8.00. The minimum absolute atomic E-state index is 0.0972. The quantitative estimate of drug-likeness (QED) is 0.480. The molecule has 0 bridgehead atoms. The maximum atomic E-state index is 12.3. The summed E-state index contributed by atoms with van der Waals surface area (Å²) >= 11 is 2.03. The third-order valence-corrected chi connectivity index (χ3v) is 7.75. The van der Waals surface area contributed by atoms with Crippen molar-refractivity contribution in [2.24, 2.45) is 0 Å². The number of anilines is 1. The Balaban J connectivity index is 1.20. The summed E-state index contributed by atoms with van der Waals surface area (Å²) in [5.41, 5.74) is 4.57. The van der Waals surface area contributed by atoms with Crippen molar-refractivity contribution < 1.29 is 4.79 Å². The number of thioether (sulfide) groups is 1. The number of hydrogen-bond donors (Lipinski definition) is 3. The lowest BCUT2D eigenvalue weighted by molar-refractivity contribution is -0.116. The van der Waals surface area contributed by atoms with E-state index >= 15 is 0 Å². The molecule has 4 rings (SSSR count). The van der Waals surface area contributed by atoms with Crippen LogP contribution in [-0.2, 0) is 4.79 Å². The number of rotatable bonds is 8. The van der Waals surface area contributed by atoms with Crippen molar-refractivity contribution in [3.63, 3.8) is 0 Å². The van der Waals surface area contributed by atoms with Crippen LogP contribution in [0.25, 0.3) is 11.1 Å². The molecule has 0 saturated carbocycles. The van der Waals surface area contributed by atoms with Gasteiger partial charge in [0.1, 0.15) is 0 Å². The van der Waals surface area contributed by atoms with Gasteiger partial charge in [-0.05, 0) is 47.6 Å². The van der Waals surface area contributed by atoms with Crippen molar-refractivity contribution in [3.05, 3.63) is 66.5 Å². The summed E-state index contributed by atoms with van der Waals surface area (Å²) in [4.78, 5) is 12.3. The molecule has 2 fully saturated rings. The van der Waals surface area contributed by atoms with E-state index in [-0.39, 0.29) is 5.91 Å². The standard InChI is InChI=1S/C26H33N3OS/c1-17(2)19-8-10-20(11-9-19)21-12-14-22(15-13-21)29-25(30)7-5-4-6-24-26-23(16-31-24)27-18(3)28-26/h8-15,17,23-24,26-28H,3-7,16H2,1-2H3,(H,29,30). The Kier molecular flexibility index (Phi) is 6.91. The number of nitrogens with one attached hydrogen (secondary N) is 3. The number of unbranched alkanes of at least 4 members (excludes halogenated alkanes) is 1. The monoisotopic (exact) mass is 435 g/mol. The van der Waals surface area contributed by atoms with Gasteiger partial charge >= 0.3 is 0 Å². The van der Waals surface area contributed by atoms with E-state index in [1.165, 1.54) is 16.7 Å². The van der Waals surface area contributed by atoms with Crippen LogP contribution in [0.3, 0.4) is 0 Å². The molecule has 2 saturated heterocycles. The molecule has 164 valence electrons. The van der Waals surface area contributed by atoms with Crippen LogP contribution in [0.1, 0.15) is 51.0 Å². The fourth-order valence-corrected chi connectivity index (χ4v) is 5.95. The Morgan fingerprint density at radius 2 is 1.74 bits per heavy atom. The van der Waals surface area contributed by atoms with E-state index < -0.39 is 0 Å². The summed E-state index contributed by atoms with van der Waals surface area (Å²) < 4.78 is 0. The Morgan fingerprint density at radius 1 is 1.06 bits per heavy atom. The molecule has 2 aromatic carbocycles. The summed E-state index contributed by atoms with van der Waals surface area (Å²) in [6.07, 6.45) is 3.72. The molecule has 0 aliphatic carbocycles. The van der Waals surface area contributed by atoms with E-state index in [1.54, 1.807) is 0 Å². The van der Waals surface area contributed by atoms with Gasteiger partial charge in [-0.3, -0.25) is 4.79 Å². The first-order valence-corrected chi connectivity index (χ1v) is 12.4. The van der Waals surface area contributed by atoms with Gasteiger partial charge in [0.15, 0.2) is 0 Å². The fourth-order valence-electron chi connectivity index (χ4n) is 4.41. The van der Waals surface area contributed by atoms with Gasteiger partial charge in [-0.2, -0.15) is 11.8 Å². The van der Waals surface area contributed by atoms with Crippen LogP contribution < -0.4 is 16.0 Å². The van der Waals surface area contributed by atoms with Crippen LogP contribution in [0.4, 0.5) is 5.69 Å². The summed E-state index contributed by atoms with van der Waals surface area (Å²) in [6.45, 7) is 8.39. The van der Waals surface area contributed by atoms with E-state index in [1.807, 2.05) is 23.9 Å². The van der Waals surface area contributed by atoms with Crippen molar-refractivity contribution in [2.45, 2.75) is 62.8 Å². The predicted octanol–water partition coefficient (Wildman–Crippen LogP) is 5.49. The molecule has 1 amide bonds. The zero-order valence-electron chi connectivity index (χ0n) is 18.5. The van der Waals surface area contributed by atoms with Gasteiger partial charge in [-0.15, -0.1) is 0 Å². The number of benzene rings is 2. The van der Waals surface area contributed by atoms with Gasteiger partial charge in [0, 0.05) is 23.1 Å². The highest BCUT2D eigenvalue weighted by Gasteiger charge is 2.40. The van der Waals surface area contributed by atoms with Gasteiger partial charge in [-0.25, -0.2) is 0 Å². The van der Waals surface area contributed by atoms with Crippen molar-refractivity contribution in [1.82, 2.24) is 10.6 Å². The molecule has 31 heavy (non-hydrogen) atoms. The Hall–Kier alpha value is -2.40. The van der Waals surface area contributed by atoms with Crippen molar-refractivity contribution in [3.8, 4) is 11.1 Å². The van der Waals surface area contributed by atoms with Gasteiger partial charge in [0.25, 0.3) is 0 Å². The van der Waals surface area contributed by atoms with Crippen LogP contribution in [0.2, 0.25) is 0 Å². The first-order valence-electron chi connectivity index (χ1n) is 11.3. The summed E-state index contributed by atoms with van der Waals surface area (Å²) in [5, 5.41) is 10.5. The molecule has 3 N–H and O–H groups in total. The molecule has 5 heteroatoms. The second-order valence-corrected chi connectivity index (χ2v) is 10.2. The molecule has 0 spiro atoms. The third kappa shape index (κ3) is 5.45. The van der Waals surface area contributed by atoms with E-state index in [9.17, 15) is 4.79 Å². The zero-order chi connectivity index (χ0) is 21.8. The topological polar surface area (TPSA) is 53.2 Å². The van der Waals surface area contributed by atoms with Gasteiger partial charge in [0.2, 0.25) is 5.91 Å². The van der Waals surface area contributed by atoms with E-state index in [2.05, 4.69) is 72.8 Å². The molecule has 2 heterocycles. The highest BCUT2D eigenvalue weighted by Crippen LogP contribution is 2.34. The summed E-state index contributed by atoms with van der Waals surface area (Å²) in [6, 6.07) is 17.9. The summed E-state index contributed by atoms with van der Waals surface area (Å²) in [5.74, 6) is 2.73. The minimum atomic E-state index is 0.0972. The molecular weight excluding hydrogens is 402 g/mol. The lowest BCUT2D eigenvalue weighted by Crippen LogP contribution is -2.36. The third-order valence-electron chi connectivity index (χ3n) is 6.25. The number of amides is 1. The van der Waals surface area contributed by atoms with Gasteiger partial charge in [0.05, 0.1) is 17.9 Å². The van der Waals surface area contributed by atoms with E-state index in [0.29, 0.717) is 29.7 Å². The average Bonchev–Trinajstić information content (AvgIpc) is 3.31. The molecule has 0 aromatic heterocycles.